The summed E-state index contributed by atoms with van der Waals surface area (Å²) in [5.41, 5.74) is 6.79. The molecule has 0 saturated heterocycles. The Morgan fingerprint density at radius 1 is 1.20 bits per heavy atom. The fraction of sp³-hybridized carbons (Fsp3) is 0.367. The van der Waals surface area contributed by atoms with E-state index in [-0.39, 0.29) is 5.91 Å². The standard InChI is InChI=1S/C30H35NO4/c1-5-34-29-21(3)30-25(26(19-35-30)23-13-9-10-14-27(23)33-4)18-24(29)20(2)17-28(32)31-16-15-22-11-7-6-8-12-22/h9-11,13-14,17-19H,5-8,12,15-16H2,1-4H3,(H,31,32)/b20-17+. The van der Waals surface area contributed by atoms with Crippen molar-refractivity contribution in [3.63, 3.8) is 0 Å². The van der Waals surface area contributed by atoms with Crippen molar-refractivity contribution in [3.8, 4) is 22.6 Å². The molecule has 1 aliphatic carbocycles. The van der Waals surface area contributed by atoms with Crippen LogP contribution < -0.4 is 14.8 Å². The van der Waals surface area contributed by atoms with E-state index in [9.17, 15) is 4.79 Å². The number of carbonyl (C=O) groups is 1. The second-order valence-electron chi connectivity index (χ2n) is 9.01. The maximum atomic E-state index is 12.7. The lowest BCUT2D eigenvalue weighted by atomic mass is 9.96. The lowest BCUT2D eigenvalue weighted by Crippen LogP contribution is -2.23. The topological polar surface area (TPSA) is 60.7 Å². The molecule has 3 aromatic rings. The van der Waals surface area contributed by atoms with Gasteiger partial charge in [-0.05, 0) is 70.6 Å². The molecule has 35 heavy (non-hydrogen) atoms. The molecule has 1 amide bonds. The van der Waals surface area contributed by atoms with Crippen LogP contribution in [0.4, 0.5) is 0 Å². The molecule has 2 aromatic carbocycles. The molecule has 1 N–H and O–H groups in total. The first-order valence-electron chi connectivity index (χ1n) is 12.5. The number of hydrogen-bond donors (Lipinski definition) is 1. The second-order valence-corrected chi connectivity index (χ2v) is 9.01. The molecule has 1 heterocycles. The maximum absolute atomic E-state index is 12.7. The maximum Gasteiger partial charge on any atom is 0.244 e. The van der Waals surface area contributed by atoms with Crippen LogP contribution in [0.3, 0.4) is 0 Å². The number of carbonyl (C=O) groups excluding carboxylic acids is 1. The number of allylic oxidation sites excluding steroid dienone is 2. The van der Waals surface area contributed by atoms with Gasteiger partial charge in [0.15, 0.2) is 0 Å². The Balaban J connectivity index is 1.66. The van der Waals surface area contributed by atoms with E-state index in [4.69, 9.17) is 13.9 Å². The highest BCUT2D eigenvalue weighted by Gasteiger charge is 2.20. The van der Waals surface area contributed by atoms with Gasteiger partial charge in [0.1, 0.15) is 17.1 Å². The highest BCUT2D eigenvalue weighted by Crippen LogP contribution is 2.42. The largest absolute Gasteiger partial charge is 0.496 e. The van der Waals surface area contributed by atoms with Gasteiger partial charge in [-0.2, -0.15) is 0 Å². The predicted octanol–water partition coefficient (Wildman–Crippen LogP) is 7.23. The van der Waals surface area contributed by atoms with E-state index >= 15 is 0 Å². The van der Waals surface area contributed by atoms with Gasteiger partial charge in [0, 0.05) is 40.3 Å². The van der Waals surface area contributed by atoms with Gasteiger partial charge in [0.25, 0.3) is 0 Å². The molecule has 1 aromatic heterocycles. The van der Waals surface area contributed by atoms with E-state index in [2.05, 4.69) is 17.5 Å². The van der Waals surface area contributed by atoms with Crippen LogP contribution in [0.1, 0.15) is 57.1 Å². The molecule has 1 aliphatic rings. The van der Waals surface area contributed by atoms with E-state index < -0.39 is 0 Å². The molecular weight excluding hydrogens is 438 g/mol. The van der Waals surface area contributed by atoms with Crippen molar-refractivity contribution >= 4 is 22.4 Å². The van der Waals surface area contributed by atoms with Crippen molar-refractivity contribution in [2.24, 2.45) is 0 Å². The Bertz CT molecular complexity index is 1260. The predicted molar refractivity (Wildman–Crippen MR) is 142 cm³/mol. The second kappa shape index (κ2) is 11.3. The average molecular weight is 474 g/mol. The number of rotatable bonds is 9. The SMILES string of the molecule is CCOc1c(/C(C)=C/C(=O)NCCC2=CCCCC2)cc2c(-c3ccccc3OC)coc2c1C. The molecular formula is C30H35NO4. The number of para-hydroxylation sites is 1. The van der Waals surface area contributed by atoms with Crippen molar-refractivity contribution in [1.29, 1.82) is 0 Å². The van der Waals surface area contributed by atoms with Gasteiger partial charge < -0.3 is 19.2 Å². The minimum absolute atomic E-state index is 0.0868. The van der Waals surface area contributed by atoms with E-state index in [1.54, 1.807) is 19.4 Å². The van der Waals surface area contributed by atoms with Gasteiger partial charge >= 0.3 is 0 Å². The molecule has 0 aliphatic heterocycles. The summed E-state index contributed by atoms with van der Waals surface area (Å²) in [6.07, 6.45) is 11.5. The van der Waals surface area contributed by atoms with E-state index in [0.717, 1.165) is 69.6 Å². The van der Waals surface area contributed by atoms with Crippen molar-refractivity contribution in [3.05, 3.63) is 65.4 Å². The van der Waals surface area contributed by atoms with E-state index in [1.807, 2.05) is 45.0 Å². The Morgan fingerprint density at radius 2 is 2.03 bits per heavy atom. The number of hydrogen-bond acceptors (Lipinski definition) is 4. The third-order valence-corrected chi connectivity index (χ3v) is 6.63. The summed E-state index contributed by atoms with van der Waals surface area (Å²) in [6.45, 7) is 7.09. The molecule has 0 bridgehead atoms. The zero-order valence-corrected chi connectivity index (χ0v) is 21.2. The molecule has 5 heteroatoms. The number of fused-ring (bicyclic) bond motifs is 1. The summed E-state index contributed by atoms with van der Waals surface area (Å²) < 4.78 is 17.6. The fourth-order valence-electron chi connectivity index (χ4n) is 4.82. The third-order valence-electron chi connectivity index (χ3n) is 6.63. The summed E-state index contributed by atoms with van der Waals surface area (Å²) in [7, 11) is 1.67. The summed E-state index contributed by atoms with van der Waals surface area (Å²) in [4.78, 5) is 12.7. The number of methoxy groups -OCH3 is 1. The first kappa shape index (κ1) is 24.6. The molecule has 0 fully saturated rings. The van der Waals surface area contributed by atoms with Crippen LogP contribution in [0.2, 0.25) is 0 Å². The van der Waals surface area contributed by atoms with Crippen LogP contribution in [0.15, 0.2) is 58.7 Å². The van der Waals surface area contributed by atoms with Crippen molar-refractivity contribution < 1.29 is 18.7 Å². The number of amides is 1. The van der Waals surface area contributed by atoms with Gasteiger partial charge in [0.05, 0.1) is 20.0 Å². The minimum atomic E-state index is -0.0868. The fourth-order valence-corrected chi connectivity index (χ4v) is 4.82. The lowest BCUT2D eigenvalue weighted by Gasteiger charge is -2.15. The lowest BCUT2D eigenvalue weighted by molar-refractivity contribution is -0.116. The third kappa shape index (κ3) is 5.45. The van der Waals surface area contributed by atoms with Crippen LogP contribution in [0, 0.1) is 6.92 Å². The molecule has 184 valence electrons. The summed E-state index contributed by atoms with van der Waals surface area (Å²) in [6, 6.07) is 9.95. The number of benzene rings is 2. The summed E-state index contributed by atoms with van der Waals surface area (Å²) in [5.74, 6) is 1.44. The average Bonchev–Trinajstić information content (AvgIpc) is 3.30. The first-order valence-corrected chi connectivity index (χ1v) is 12.5. The van der Waals surface area contributed by atoms with Gasteiger partial charge in [-0.1, -0.05) is 29.8 Å². The molecule has 4 rings (SSSR count). The van der Waals surface area contributed by atoms with Crippen molar-refractivity contribution in [1.82, 2.24) is 5.32 Å². The van der Waals surface area contributed by atoms with Crippen LogP contribution in [-0.2, 0) is 4.79 Å². The molecule has 0 spiro atoms. The molecule has 5 nitrogen and oxygen atoms in total. The number of aryl methyl sites for hydroxylation is 1. The van der Waals surface area contributed by atoms with Crippen LogP contribution in [-0.4, -0.2) is 26.2 Å². The highest BCUT2D eigenvalue weighted by atomic mass is 16.5. The van der Waals surface area contributed by atoms with E-state index in [1.165, 1.54) is 18.4 Å². The molecule has 0 saturated carbocycles. The number of furan rings is 1. The summed E-state index contributed by atoms with van der Waals surface area (Å²) in [5, 5.41) is 4.01. The normalized spacial score (nSPS) is 14.1. The van der Waals surface area contributed by atoms with Gasteiger partial charge in [-0.3, -0.25) is 4.79 Å². The monoisotopic (exact) mass is 473 g/mol. The van der Waals surface area contributed by atoms with Gasteiger partial charge in [-0.25, -0.2) is 0 Å². The quantitative estimate of drug-likeness (QED) is 0.263. The Kier molecular flexibility index (Phi) is 7.96. The molecule has 0 atom stereocenters. The summed E-state index contributed by atoms with van der Waals surface area (Å²) >= 11 is 0. The van der Waals surface area contributed by atoms with Crippen LogP contribution in [0.25, 0.3) is 27.7 Å². The van der Waals surface area contributed by atoms with E-state index in [0.29, 0.717) is 13.2 Å². The zero-order chi connectivity index (χ0) is 24.8. The van der Waals surface area contributed by atoms with Crippen molar-refractivity contribution in [2.75, 3.05) is 20.3 Å². The zero-order valence-electron chi connectivity index (χ0n) is 21.2. The number of nitrogens with one attached hydrogen (secondary N) is 1. The molecule has 0 unspecified atom stereocenters. The van der Waals surface area contributed by atoms with Crippen molar-refractivity contribution in [2.45, 2.75) is 52.9 Å². The highest BCUT2D eigenvalue weighted by molar-refractivity contribution is 6.02. The Labute approximate surface area is 207 Å². The first-order chi connectivity index (χ1) is 17.0. The minimum Gasteiger partial charge on any atom is -0.496 e. The molecule has 0 radical (unpaired) electrons. The van der Waals surface area contributed by atoms with Gasteiger partial charge in [0.2, 0.25) is 5.91 Å². The number of ether oxygens (including phenoxy) is 2. The van der Waals surface area contributed by atoms with Gasteiger partial charge in [-0.15, -0.1) is 0 Å². The van der Waals surface area contributed by atoms with Crippen LogP contribution in [0.5, 0.6) is 11.5 Å². The Morgan fingerprint density at radius 3 is 2.77 bits per heavy atom. The van der Waals surface area contributed by atoms with Crippen LogP contribution >= 0.6 is 0 Å². The smallest absolute Gasteiger partial charge is 0.244 e. The Hall–Kier alpha value is -3.47.